The van der Waals surface area contributed by atoms with Gasteiger partial charge in [-0.2, -0.15) is 5.10 Å². The molecule has 13 heavy (non-hydrogen) atoms. The van der Waals surface area contributed by atoms with E-state index in [0.717, 1.165) is 0 Å². The fourth-order valence-electron chi connectivity index (χ4n) is 0.570. The minimum atomic E-state index is -0.359. The summed E-state index contributed by atoms with van der Waals surface area (Å²) in [4.78, 5) is 10.7. The molecule has 0 saturated carbocycles. The van der Waals surface area contributed by atoms with Crippen molar-refractivity contribution in [3.05, 3.63) is 11.1 Å². The SMILES string of the molecule is CNC(=O)N/N=C(\C)c1csnn1. The number of rotatable bonds is 2. The van der Waals surface area contributed by atoms with Crippen LogP contribution in [0.2, 0.25) is 0 Å². The van der Waals surface area contributed by atoms with Crippen LogP contribution >= 0.6 is 11.5 Å². The van der Waals surface area contributed by atoms with Crippen LogP contribution in [0.25, 0.3) is 0 Å². The van der Waals surface area contributed by atoms with Gasteiger partial charge in [0.25, 0.3) is 0 Å². The first-order valence-electron chi connectivity index (χ1n) is 3.53. The number of hydrogen-bond acceptors (Lipinski definition) is 5. The molecule has 2 N–H and O–H groups in total. The summed E-state index contributed by atoms with van der Waals surface area (Å²) in [6.45, 7) is 1.74. The second kappa shape index (κ2) is 4.51. The highest BCUT2D eigenvalue weighted by Gasteiger charge is 2.00. The van der Waals surface area contributed by atoms with Crippen molar-refractivity contribution < 1.29 is 4.79 Å². The van der Waals surface area contributed by atoms with Crippen LogP contribution in [0.1, 0.15) is 12.6 Å². The number of hydrogen-bond donors (Lipinski definition) is 2. The number of carbonyl (C=O) groups excluding carboxylic acids is 1. The van der Waals surface area contributed by atoms with Crippen molar-refractivity contribution in [1.82, 2.24) is 20.3 Å². The molecule has 0 radical (unpaired) electrons. The molecule has 70 valence electrons. The van der Waals surface area contributed by atoms with Crippen molar-refractivity contribution in [2.75, 3.05) is 7.05 Å². The van der Waals surface area contributed by atoms with Gasteiger partial charge in [-0.05, 0) is 18.5 Å². The van der Waals surface area contributed by atoms with E-state index in [4.69, 9.17) is 0 Å². The van der Waals surface area contributed by atoms with Gasteiger partial charge in [-0.3, -0.25) is 0 Å². The van der Waals surface area contributed by atoms with Crippen LogP contribution < -0.4 is 10.7 Å². The van der Waals surface area contributed by atoms with Crippen LogP contribution in [-0.2, 0) is 0 Å². The molecule has 0 saturated heterocycles. The van der Waals surface area contributed by atoms with Crippen LogP contribution in [0, 0.1) is 0 Å². The minimum Gasteiger partial charge on any atom is -0.340 e. The Morgan fingerprint density at radius 2 is 2.46 bits per heavy atom. The monoisotopic (exact) mass is 199 g/mol. The maximum absolute atomic E-state index is 10.7. The summed E-state index contributed by atoms with van der Waals surface area (Å²) in [6.07, 6.45) is 0. The third-order valence-electron chi connectivity index (χ3n) is 1.28. The van der Waals surface area contributed by atoms with E-state index in [-0.39, 0.29) is 6.03 Å². The van der Waals surface area contributed by atoms with Crippen molar-refractivity contribution in [1.29, 1.82) is 0 Å². The van der Waals surface area contributed by atoms with Crippen molar-refractivity contribution >= 4 is 23.3 Å². The fraction of sp³-hybridized carbons (Fsp3) is 0.333. The third-order valence-corrected chi connectivity index (χ3v) is 1.79. The molecule has 0 aliphatic carbocycles. The summed E-state index contributed by atoms with van der Waals surface area (Å²) in [5, 5.41) is 11.7. The van der Waals surface area contributed by atoms with Crippen LogP contribution in [-0.4, -0.2) is 28.4 Å². The van der Waals surface area contributed by atoms with Crippen LogP contribution in [0.5, 0.6) is 0 Å². The highest BCUT2D eigenvalue weighted by molar-refractivity contribution is 7.03. The molecule has 0 unspecified atom stereocenters. The minimum absolute atomic E-state index is 0.359. The van der Waals surface area contributed by atoms with E-state index in [1.807, 2.05) is 0 Å². The maximum atomic E-state index is 10.7. The molecule has 0 spiro atoms. The van der Waals surface area contributed by atoms with Crippen molar-refractivity contribution in [2.45, 2.75) is 6.92 Å². The quantitative estimate of drug-likeness (QED) is 0.527. The lowest BCUT2D eigenvalue weighted by atomic mass is 10.3. The molecule has 0 bridgehead atoms. The lowest BCUT2D eigenvalue weighted by Crippen LogP contribution is -2.29. The van der Waals surface area contributed by atoms with Crippen LogP contribution in [0.3, 0.4) is 0 Å². The second-order valence-corrected chi connectivity index (χ2v) is 2.79. The Kier molecular flexibility index (Phi) is 3.32. The van der Waals surface area contributed by atoms with E-state index < -0.39 is 0 Å². The largest absolute Gasteiger partial charge is 0.340 e. The molecule has 0 aliphatic rings. The molecule has 1 aromatic heterocycles. The highest BCUT2D eigenvalue weighted by Crippen LogP contribution is 1.97. The summed E-state index contributed by atoms with van der Waals surface area (Å²) in [7, 11) is 1.52. The van der Waals surface area contributed by atoms with E-state index in [0.29, 0.717) is 11.4 Å². The average molecular weight is 199 g/mol. The zero-order chi connectivity index (χ0) is 9.68. The Bertz CT molecular complexity index is 307. The normalized spacial score (nSPS) is 11.1. The van der Waals surface area contributed by atoms with Gasteiger partial charge >= 0.3 is 6.03 Å². The van der Waals surface area contributed by atoms with Crippen molar-refractivity contribution in [2.24, 2.45) is 5.10 Å². The fourth-order valence-corrected chi connectivity index (χ4v) is 1.07. The van der Waals surface area contributed by atoms with E-state index in [1.54, 1.807) is 12.3 Å². The van der Waals surface area contributed by atoms with Gasteiger partial charge < -0.3 is 5.32 Å². The molecule has 0 aromatic carbocycles. The topological polar surface area (TPSA) is 79.3 Å². The molecule has 6 nitrogen and oxygen atoms in total. The molecular weight excluding hydrogens is 190 g/mol. The van der Waals surface area contributed by atoms with Gasteiger partial charge in [-0.25, -0.2) is 10.2 Å². The predicted octanol–water partition coefficient (Wildman–Crippen LogP) is 0.191. The summed E-state index contributed by atoms with van der Waals surface area (Å²) < 4.78 is 3.67. The third kappa shape index (κ3) is 2.79. The second-order valence-electron chi connectivity index (χ2n) is 2.18. The van der Waals surface area contributed by atoms with Gasteiger partial charge in [0, 0.05) is 12.4 Å². The Balaban J connectivity index is 2.57. The van der Waals surface area contributed by atoms with Crippen LogP contribution in [0.15, 0.2) is 10.5 Å². The Morgan fingerprint density at radius 3 is 3.00 bits per heavy atom. The molecule has 0 aliphatic heterocycles. The highest BCUT2D eigenvalue weighted by atomic mass is 32.1. The number of aromatic nitrogens is 2. The molecular formula is C6H9N5OS. The zero-order valence-corrected chi connectivity index (χ0v) is 8.05. The van der Waals surface area contributed by atoms with Crippen LogP contribution in [0.4, 0.5) is 4.79 Å². The first-order chi connectivity index (χ1) is 6.24. The van der Waals surface area contributed by atoms with Gasteiger partial charge in [0.15, 0.2) is 0 Å². The van der Waals surface area contributed by atoms with Gasteiger partial charge in [0.05, 0.1) is 5.71 Å². The smallest absolute Gasteiger partial charge is 0.334 e. The Hall–Kier alpha value is -1.50. The van der Waals surface area contributed by atoms with E-state index in [2.05, 4.69) is 25.4 Å². The number of nitrogens with zero attached hydrogens (tertiary/aromatic N) is 3. The first-order valence-corrected chi connectivity index (χ1v) is 4.37. The average Bonchev–Trinajstić information content (AvgIpc) is 2.66. The molecule has 0 fully saturated rings. The van der Waals surface area contributed by atoms with E-state index in [9.17, 15) is 4.79 Å². The van der Waals surface area contributed by atoms with E-state index >= 15 is 0 Å². The van der Waals surface area contributed by atoms with E-state index in [1.165, 1.54) is 18.6 Å². The molecule has 2 amide bonds. The number of hydrazone groups is 1. The Labute approximate surface area is 79.2 Å². The van der Waals surface area contributed by atoms with Gasteiger partial charge in [-0.15, -0.1) is 5.10 Å². The summed E-state index contributed by atoms with van der Waals surface area (Å²) >= 11 is 1.24. The van der Waals surface area contributed by atoms with Gasteiger partial charge in [0.1, 0.15) is 5.69 Å². The predicted molar refractivity (Wildman–Crippen MR) is 49.7 cm³/mol. The molecule has 1 rings (SSSR count). The maximum Gasteiger partial charge on any atom is 0.334 e. The number of nitrogens with one attached hydrogen (secondary N) is 2. The Morgan fingerprint density at radius 1 is 1.69 bits per heavy atom. The summed E-state index contributed by atoms with van der Waals surface area (Å²) in [6, 6.07) is -0.359. The van der Waals surface area contributed by atoms with Crippen molar-refractivity contribution in [3.63, 3.8) is 0 Å². The van der Waals surface area contributed by atoms with Gasteiger partial charge in [0.2, 0.25) is 0 Å². The number of urea groups is 1. The molecule has 1 aromatic rings. The summed E-state index contributed by atoms with van der Waals surface area (Å²) in [5.41, 5.74) is 3.59. The van der Waals surface area contributed by atoms with Crippen molar-refractivity contribution in [3.8, 4) is 0 Å². The first kappa shape index (κ1) is 9.59. The lowest BCUT2D eigenvalue weighted by Gasteiger charge is -1.97. The lowest BCUT2D eigenvalue weighted by molar-refractivity contribution is 0.243. The molecule has 7 heteroatoms. The summed E-state index contributed by atoms with van der Waals surface area (Å²) in [5.74, 6) is 0. The number of amides is 2. The molecule has 0 atom stereocenters. The number of carbonyl (C=O) groups is 1. The zero-order valence-electron chi connectivity index (χ0n) is 7.24. The standard InChI is InChI=1S/C6H9N5OS/c1-4(5-3-13-11-9-5)8-10-6(12)7-2/h3H,1-2H3,(H2,7,10,12)/b8-4+. The van der Waals surface area contributed by atoms with Gasteiger partial charge in [-0.1, -0.05) is 4.49 Å². The molecule has 1 heterocycles.